The van der Waals surface area contributed by atoms with Crippen LogP contribution in [0.15, 0.2) is 36.8 Å². The van der Waals surface area contributed by atoms with E-state index in [0.717, 1.165) is 0 Å². The van der Waals surface area contributed by atoms with E-state index in [0.29, 0.717) is 16.7 Å². The van der Waals surface area contributed by atoms with Crippen molar-refractivity contribution in [2.24, 2.45) is 0 Å². The van der Waals surface area contributed by atoms with Crippen molar-refractivity contribution < 1.29 is 19.3 Å². The number of nitrogen functional groups attached to an aromatic ring is 1. The van der Waals surface area contributed by atoms with Gasteiger partial charge in [0.25, 0.3) is 0 Å². The van der Waals surface area contributed by atoms with Crippen LogP contribution in [0.5, 0.6) is 5.75 Å². The number of anilines is 1. The third-order valence-corrected chi connectivity index (χ3v) is 4.96. The second-order valence-corrected chi connectivity index (χ2v) is 7.20. The number of hydrogen-bond donors (Lipinski definition) is 3. The summed E-state index contributed by atoms with van der Waals surface area (Å²) in [6.45, 7) is 1.46. The Balaban J connectivity index is 1.86. The number of aliphatic hydroxyl groups excluding tert-OH is 2. The van der Waals surface area contributed by atoms with Gasteiger partial charge in [-0.2, -0.15) is 5.10 Å². The van der Waals surface area contributed by atoms with Crippen LogP contribution in [-0.2, 0) is 6.54 Å². The maximum atomic E-state index is 13.8. The molecule has 0 saturated carbocycles. The zero-order valence-corrected chi connectivity index (χ0v) is 16.9. The summed E-state index contributed by atoms with van der Waals surface area (Å²) < 4.78 is 21.2. The van der Waals surface area contributed by atoms with Crippen LogP contribution in [0.2, 0.25) is 10.0 Å². The van der Waals surface area contributed by atoms with Gasteiger partial charge in [-0.1, -0.05) is 23.2 Å². The third kappa shape index (κ3) is 4.79. The van der Waals surface area contributed by atoms with E-state index in [9.17, 15) is 9.50 Å². The van der Waals surface area contributed by atoms with Crippen LogP contribution in [-0.4, -0.2) is 37.7 Å². The zero-order valence-electron chi connectivity index (χ0n) is 15.4. The number of rotatable bonds is 7. The molecule has 0 amide bonds. The second kappa shape index (κ2) is 8.96. The van der Waals surface area contributed by atoms with Crippen molar-refractivity contribution in [2.45, 2.75) is 25.7 Å². The number of aliphatic hydroxyl groups is 2. The van der Waals surface area contributed by atoms with Crippen LogP contribution in [0.25, 0.3) is 11.1 Å². The lowest BCUT2D eigenvalue weighted by atomic mass is 10.1. The van der Waals surface area contributed by atoms with E-state index >= 15 is 0 Å². The Kier molecular flexibility index (Phi) is 6.59. The van der Waals surface area contributed by atoms with Gasteiger partial charge in [-0.25, -0.2) is 9.37 Å². The first-order chi connectivity index (χ1) is 13.8. The van der Waals surface area contributed by atoms with E-state index in [4.69, 9.17) is 38.8 Å². The first-order valence-electron chi connectivity index (χ1n) is 8.67. The molecule has 0 aliphatic rings. The highest BCUT2D eigenvalue weighted by Gasteiger charge is 2.20. The Labute approximate surface area is 176 Å². The fourth-order valence-electron chi connectivity index (χ4n) is 2.76. The Morgan fingerprint density at radius 1 is 1.28 bits per heavy atom. The van der Waals surface area contributed by atoms with Crippen molar-refractivity contribution in [1.29, 1.82) is 0 Å². The van der Waals surface area contributed by atoms with Crippen molar-refractivity contribution in [2.75, 3.05) is 12.3 Å². The number of hydrogen-bond acceptors (Lipinski definition) is 6. The summed E-state index contributed by atoms with van der Waals surface area (Å²) in [5, 5.41) is 22.8. The van der Waals surface area contributed by atoms with Gasteiger partial charge in [-0.15, -0.1) is 0 Å². The van der Waals surface area contributed by atoms with E-state index in [1.165, 1.54) is 16.8 Å². The summed E-state index contributed by atoms with van der Waals surface area (Å²) in [6, 6.07) is 4.26. The molecule has 0 saturated heterocycles. The predicted molar refractivity (Wildman–Crippen MR) is 108 cm³/mol. The highest BCUT2D eigenvalue weighted by atomic mass is 35.5. The van der Waals surface area contributed by atoms with Crippen LogP contribution >= 0.6 is 23.2 Å². The van der Waals surface area contributed by atoms with Gasteiger partial charge in [0.2, 0.25) is 0 Å². The highest BCUT2D eigenvalue weighted by Crippen LogP contribution is 2.36. The fraction of sp³-hybridized carbons (Fsp3) is 0.263. The van der Waals surface area contributed by atoms with Gasteiger partial charge in [0.1, 0.15) is 11.9 Å². The number of pyridine rings is 1. The van der Waals surface area contributed by atoms with Crippen LogP contribution in [0, 0.1) is 5.82 Å². The minimum Gasteiger partial charge on any atom is -0.482 e. The van der Waals surface area contributed by atoms with Gasteiger partial charge < -0.3 is 20.7 Å². The quantitative estimate of drug-likeness (QED) is 0.485. The summed E-state index contributed by atoms with van der Waals surface area (Å²) in [4.78, 5) is 4.14. The van der Waals surface area contributed by atoms with Crippen molar-refractivity contribution in [1.82, 2.24) is 14.8 Å². The van der Waals surface area contributed by atoms with E-state index in [2.05, 4.69) is 10.1 Å². The second-order valence-electron chi connectivity index (χ2n) is 6.41. The van der Waals surface area contributed by atoms with Crippen molar-refractivity contribution >= 4 is 29.0 Å². The number of aromatic nitrogens is 3. The maximum Gasteiger partial charge on any atom is 0.166 e. The molecule has 1 aromatic carbocycles. The van der Waals surface area contributed by atoms with Crippen LogP contribution in [0.1, 0.15) is 18.6 Å². The molecule has 4 N–H and O–H groups in total. The molecule has 154 valence electrons. The average Bonchev–Trinajstić information content (AvgIpc) is 3.15. The molecule has 2 heterocycles. The summed E-state index contributed by atoms with van der Waals surface area (Å²) in [6.07, 6.45) is 3.24. The van der Waals surface area contributed by atoms with Gasteiger partial charge in [-0.05, 0) is 25.1 Å². The lowest BCUT2D eigenvalue weighted by Gasteiger charge is -2.19. The Hall–Kier alpha value is -2.39. The monoisotopic (exact) mass is 440 g/mol. The van der Waals surface area contributed by atoms with E-state index < -0.39 is 18.0 Å². The number of benzene rings is 1. The molecule has 7 nitrogen and oxygen atoms in total. The largest absolute Gasteiger partial charge is 0.482 e. The molecule has 3 aromatic rings. The summed E-state index contributed by atoms with van der Waals surface area (Å²) >= 11 is 12.2. The summed E-state index contributed by atoms with van der Waals surface area (Å²) in [7, 11) is 0. The summed E-state index contributed by atoms with van der Waals surface area (Å²) in [5.41, 5.74) is 7.62. The van der Waals surface area contributed by atoms with Crippen LogP contribution in [0.3, 0.4) is 0 Å². The van der Waals surface area contributed by atoms with Crippen molar-refractivity contribution in [3.05, 3.63) is 58.2 Å². The first-order valence-corrected chi connectivity index (χ1v) is 9.43. The van der Waals surface area contributed by atoms with E-state index in [-0.39, 0.29) is 34.8 Å². The number of halogens is 3. The van der Waals surface area contributed by atoms with Crippen LogP contribution < -0.4 is 10.5 Å². The SMILES string of the molecule is CC(Oc1cc(-c2cnn(C[C@H](O)CO)c2)cnc1N)c1c(Cl)ccc(F)c1Cl. The number of ether oxygens (including phenoxy) is 1. The molecular weight excluding hydrogens is 422 g/mol. The van der Waals surface area contributed by atoms with Gasteiger partial charge in [-0.3, -0.25) is 4.68 Å². The Bertz CT molecular complexity index is 1020. The van der Waals surface area contributed by atoms with E-state index in [1.54, 1.807) is 31.6 Å². The molecule has 0 fully saturated rings. The average molecular weight is 441 g/mol. The summed E-state index contributed by atoms with van der Waals surface area (Å²) in [5.74, 6) is -0.180. The predicted octanol–water partition coefficient (Wildman–Crippen LogP) is 3.47. The Morgan fingerprint density at radius 2 is 2.03 bits per heavy atom. The molecular formula is C19H19Cl2FN4O3. The molecule has 0 aliphatic carbocycles. The van der Waals surface area contributed by atoms with Gasteiger partial charge in [0, 0.05) is 34.1 Å². The van der Waals surface area contributed by atoms with Gasteiger partial charge >= 0.3 is 0 Å². The third-order valence-electron chi connectivity index (χ3n) is 4.25. The topological polar surface area (TPSA) is 106 Å². The molecule has 3 rings (SSSR count). The molecule has 29 heavy (non-hydrogen) atoms. The minimum atomic E-state index is -0.909. The first kappa shape index (κ1) is 21.3. The van der Waals surface area contributed by atoms with Gasteiger partial charge in [0.15, 0.2) is 11.6 Å². The van der Waals surface area contributed by atoms with E-state index in [1.807, 2.05) is 0 Å². The molecule has 2 aromatic heterocycles. The molecule has 1 unspecified atom stereocenters. The Morgan fingerprint density at radius 3 is 2.76 bits per heavy atom. The smallest absolute Gasteiger partial charge is 0.166 e. The molecule has 0 aliphatic heterocycles. The molecule has 2 atom stereocenters. The zero-order chi connectivity index (χ0) is 21.1. The van der Waals surface area contributed by atoms with Gasteiger partial charge in [0.05, 0.1) is 30.5 Å². The fourth-order valence-corrected chi connectivity index (χ4v) is 3.44. The lowest BCUT2D eigenvalue weighted by Crippen LogP contribution is -2.19. The highest BCUT2D eigenvalue weighted by molar-refractivity contribution is 6.36. The lowest BCUT2D eigenvalue weighted by molar-refractivity contribution is 0.0783. The molecule has 0 spiro atoms. The number of nitrogens with two attached hydrogens (primary N) is 1. The molecule has 10 heteroatoms. The van der Waals surface area contributed by atoms with Crippen molar-refractivity contribution in [3.63, 3.8) is 0 Å². The normalized spacial score (nSPS) is 13.3. The van der Waals surface area contributed by atoms with Crippen LogP contribution in [0.4, 0.5) is 10.2 Å². The maximum absolute atomic E-state index is 13.8. The minimum absolute atomic E-state index is 0.114. The molecule has 0 bridgehead atoms. The van der Waals surface area contributed by atoms with Crippen molar-refractivity contribution in [3.8, 4) is 16.9 Å². The standard InChI is InChI=1S/C19H19Cl2FN4O3/c1-10(17-14(20)2-3-15(22)18(17)21)29-16-4-11(5-24-19(16)23)12-6-25-26(7-12)8-13(28)9-27/h2-7,10,13,27-28H,8-9H2,1H3,(H2,23,24)/t10?,13-/m0/s1. The molecule has 0 radical (unpaired) electrons. The number of nitrogens with zero attached hydrogens (tertiary/aromatic N) is 3.